The van der Waals surface area contributed by atoms with Crippen LogP contribution in [0.5, 0.6) is 5.75 Å². The predicted molar refractivity (Wildman–Crippen MR) is 129 cm³/mol. The van der Waals surface area contributed by atoms with E-state index in [9.17, 15) is 9.18 Å². The van der Waals surface area contributed by atoms with Crippen LogP contribution in [0.2, 0.25) is 0 Å². The molecule has 0 saturated heterocycles. The van der Waals surface area contributed by atoms with E-state index in [4.69, 9.17) is 4.74 Å². The molecule has 0 aliphatic rings. The molecule has 0 spiro atoms. The molecule has 0 bridgehead atoms. The van der Waals surface area contributed by atoms with Crippen molar-refractivity contribution in [2.75, 3.05) is 32.8 Å². The summed E-state index contributed by atoms with van der Waals surface area (Å²) in [7, 11) is 0. The van der Waals surface area contributed by atoms with Gasteiger partial charge < -0.3 is 10.1 Å². The lowest BCUT2D eigenvalue weighted by molar-refractivity contribution is 0.0949. The number of nitrogens with one attached hydrogen (secondary N) is 1. The third-order valence-corrected chi connectivity index (χ3v) is 5.88. The van der Waals surface area contributed by atoms with Crippen molar-refractivity contribution in [1.29, 1.82) is 0 Å². The van der Waals surface area contributed by atoms with Crippen LogP contribution in [-0.2, 0) is 0 Å². The van der Waals surface area contributed by atoms with Crippen molar-refractivity contribution >= 4 is 43.9 Å². The number of carbonyl (C=O) groups is 1. The Hall–Kier alpha value is -3.17. The summed E-state index contributed by atoms with van der Waals surface area (Å²) in [6, 6.07) is 14.3. The molecule has 2 aromatic heterocycles. The fourth-order valence-electron chi connectivity index (χ4n) is 3.47. The molecule has 0 aliphatic heterocycles. The minimum absolute atomic E-state index is 0.137. The number of hydrogen-bond acceptors (Lipinski definition) is 6. The van der Waals surface area contributed by atoms with E-state index < -0.39 is 5.95 Å². The monoisotopic (exact) mass is 511 g/mol. The number of nitrogens with zero attached hydrogens (tertiary/aromatic N) is 4. The number of benzene rings is 2. The molecule has 0 aliphatic carbocycles. The van der Waals surface area contributed by atoms with Crippen LogP contribution < -0.4 is 10.1 Å². The maximum Gasteiger partial charge on any atom is 0.255 e. The normalized spacial score (nSPS) is 11.3. The van der Waals surface area contributed by atoms with Crippen LogP contribution >= 0.6 is 15.9 Å². The third kappa shape index (κ3) is 5.43. The number of rotatable bonds is 9. The van der Waals surface area contributed by atoms with Gasteiger partial charge in [0.2, 0.25) is 0 Å². The number of likely N-dealkylation sites (N-methyl/N-ethyl adjacent to an activating group) is 1. The Balaban J connectivity index is 1.37. The number of aromatic nitrogens is 3. The summed E-state index contributed by atoms with van der Waals surface area (Å²) in [6.07, 6.45) is 1.38. The molecule has 0 atom stereocenters. The zero-order valence-electron chi connectivity index (χ0n) is 18.1. The Morgan fingerprint density at radius 3 is 2.55 bits per heavy atom. The molecule has 2 aromatic carbocycles. The first kappa shape index (κ1) is 23.0. The average Bonchev–Trinajstić information content (AvgIpc) is 2.83. The molecule has 170 valence electrons. The van der Waals surface area contributed by atoms with Gasteiger partial charge in [0.05, 0.1) is 16.6 Å². The van der Waals surface area contributed by atoms with Gasteiger partial charge in [-0.05, 0) is 58.9 Å². The van der Waals surface area contributed by atoms with Crippen molar-refractivity contribution in [3.63, 3.8) is 0 Å². The van der Waals surface area contributed by atoms with E-state index in [2.05, 4.69) is 41.1 Å². The van der Waals surface area contributed by atoms with Crippen molar-refractivity contribution in [2.45, 2.75) is 6.92 Å². The number of carbonyl (C=O) groups excluding carboxylic acids is 1. The SMILES string of the molecule is CCN(CCNC(=O)c1ccc(Br)c2nc3ccccc3nc12)CCOc1cccnc1F. The Morgan fingerprint density at radius 1 is 1.06 bits per heavy atom. The lowest BCUT2D eigenvalue weighted by Crippen LogP contribution is -2.37. The van der Waals surface area contributed by atoms with Gasteiger partial charge in [0.15, 0.2) is 5.75 Å². The highest BCUT2D eigenvalue weighted by atomic mass is 79.9. The Labute approximate surface area is 199 Å². The highest BCUT2D eigenvalue weighted by Gasteiger charge is 2.15. The second kappa shape index (κ2) is 10.6. The van der Waals surface area contributed by atoms with Gasteiger partial charge in [0.25, 0.3) is 11.9 Å². The number of ether oxygens (including phenoxy) is 1. The fourth-order valence-corrected chi connectivity index (χ4v) is 3.88. The first-order valence-electron chi connectivity index (χ1n) is 10.7. The van der Waals surface area contributed by atoms with E-state index in [1.54, 1.807) is 18.2 Å². The van der Waals surface area contributed by atoms with E-state index in [1.807, 2.05) is 37.3 Å². The van der Waals surface area contributed by atoms with Crippen molar-refractivity contribution in [2.24, 2.45) is 0 Å². The van der Waals surface area contributed by atoms with Crippen LogP contribution in [0.25, 0.3) is 22.1 Å². The van der Waals surface area contributed by atoms with Gasteiger partial charge in [-0.15, -0.1) is 0 Å². The van der Waals surface area contributed by atoms with Crippen molar-refractivity contribution in [1.82, 2.24) is 25.2 Å². The second-order valence-corrected chi connectivity index (χ2v) is 8.19. The van der Waals surface area contributed by atoms with Gasteiger partial charge in [-0.3, -0.25) is 9.69 Å². The first-order valence-corrected chi connectivity index (χ1v) is 11.4. The van der Waals surface area contributed by atoms with Crippen molar-refractivity contribution in [3.8, 4) is 5.75 Å². The predicted octanol–water partition coefficient (Wildman–Crippen LogP) is 4.21. The smallest absolute Gasteiger partial charge is 0.255 e. The van der Waals surface area contributed by atoms with Crippen molar-refractivity contribution in [3.05, 3.63) is 70.7 Å². The van der Waals surface area contributed by atoms with Gasteiger partial charge in [-0.1, -0.05) is 19.1 Å². The van der Waals surface area contributed by atoms with Gasteiger partial charge in [-0.25, -0.2) is 15.0 Å². The maximum absolute atomic E-state index is 13.6. The first-order chi connectivity index (χ1) is 16.1. The van der Waals surface area contributed by atoms with E-state index in [-0.39, 0.29) is 11.7 Å². The number of pyridine rings is 1. The molecular formula is C24H23BrFN5O2. The lowest BCUT2D eigenvalue weighted by atomic mass is 10.1. The molecule has 33 heavy (non-hydrogen) atoms. The van der Waals surface area contributed by atoms with Crippen LogP contribution in [0.3, 0.4) is 0 Å². The Kier molecular flexibility index (Phi) is 7.41. The molecule has 7 nitrogen and oxygen atoms in total. The number of halogens is 2. The summed E-state index contributed by atoms with van der Waals surface area (Å²) in [5, 5.41) is 2.97. The standard InChI is InChI=1S/C24H23BrFN5O2/c1-2-31(14-15-33-20-8-5-11-27-23(20)26)13-12-28-24(32)16-9-10-17(25)22-21(16)29-18-6-3-4-7-19(18)30-22/h3-11H,2,12-15H2,1H3,(H,28,32). The molecule has 4 aromatic rings. The van der Waals surface area contributed by atoms with E-state index >= 15 is 0 Å². The summed E-state index contributed by atoms with van der Waals surface area (Å²) in [5.41, 5.74) is 3.19. The molecule has 0 saturated carbocycles. The summed E-state index contributed by atoms with van der Waals surface area (Å²) < 4.78 is 19.8. The highest BCUT2D eigenvalue weighted by molar-refractivity contribution is 9.10. The minimum Gasteiger partial charge on any atom is -0.487 e. The van der Waals surface area contributed by atoms with Crippen LogP contribution in [0.15, 0.2) is 59.2 Å². The van der Waals surface area contributed by atoms with E-state index in [0.717, 1.165) is 22.1 Å². The van der Waals surface area contributed by atoms with E-state index in [0.29, 0.717) is 42.8 Å². The number of para-hydroxylation sites is 2. The highest BCUT2D eigenvalue weighted by Crippen LogP contribution is 2.26. The van der Waals surface area contributed by atoms with Gasteiger partial charge in [0, 0.05) is 30.3 Å². The third-order valence-electron chi connectivity index (χ3n) is 5.24. The molecule has 1 amide bonds. The zero-order valence-corrected chi connectivity index (χ0v) is 19.7. The van der Waals surface area contributed by atoms with Crippen LogP contribution in [0.1, 0.15) is 17.3 Å². The minimum atomic E-state index is -0.620. The van der Waals surface area contributed by atoms with Gasteiger partial charge >= 0.3 is 0 Å². The molecule has 0 unspecified atom stereocenters. The van der Waals surface area contributed by atoms with Crippen LogP contribution in [0.4, 0.5) is 4.39 Å². The van der Waals surface area contributed by atoms with Crippen LogP contribution in [-0.4, -0.2) is 58.5 Å². The molecule has 4 rings (SSSR count). The van der Waals surface area contributed by atoms with E-state index in [1.165, 1.54) is 6.20 Å². The summed E-state index contributed by atoms with van der Waals surface area (Å²) >= 11 is 3.51. The molecule has 9 heteroatoms. The summed E-state index contributed by atoms with van der Waals surface area (Å²) in [5.74, 6) is -0.690. The number of fused-ring (bicyclic) bond motifs is 2. The van der Waals surface area contributed by atoms with Gasteiger partial charge in [0.1, 0.15) is 17.6 Å². The second-order valence-electron chi connectivity index (χ2n) is 7.34. The molecule has 1 N–H and O–H groups in total. The quantitative estimate of drug-likeness (QED) is 0.268. The maximum atomic E-state index is 13.6. The molecular weight excluding hydrogens is 489 g/mol. The fraction of sp³-hybridized carbons (Fsp3) is 0.250. The Morgan fingerprint density at radius 2 is 1.82 bits per heavy atom. The molecule has 2 heterocycles. The number of hydrogen-bond donors (Lipinski definition) is 1. The zero-order chi connectivity index (χ0) is 23.2. The summed E-state index contributed by atoms with van der Waals surface area (Å²) in [6.45, 7) is 4.79. The Bertz CT molecular complexity index is 1290. The van der Waals surface area contributed by atoms with Gasteiger partial charge in [-0.2, -0.15) is 4.39 Å². The van der Waals surface area contributed by atoms with Crippen LogP contribution in [0, 0.1) is 5.95 Å². The largest absolute Gasteiger partial charge is 0.487 e. The summed E-state index contributed by atoms with van der Waals surface area (Å²) in [4.78, 5) is 28.0. The average molecular weight is 512 g/mol. The molecule has 0 radical (unpaired) electrons. The lowest BCUT2D eigenvalue weighted by Gasteiger charge is -2.20. The molecule has 0 fully saturated rings. The number of amides is 1. The topological polar surface area (TPSA) is 80.2 Å². The van der Waals surface area contributed by atoms with Crippen molar-refractivity contribution < 1.29 is 13.9 Å².